The molecule has 0 aliphatic carbocycles. The molecule has 0 unspecified atom stereocenters. The van der Waals surface area contributed by atoms with Crippen molar-refractivity contribution < 1.29 is 17.9 Å². The van der Waals surface area contributed by atoms with Crippen LogP contribution in [0.25, 0.3) is 22.2 Å². The lowest BCUT2D eigenvalue weighted by atomic mass is 10.0. The van der Waals surface area contributed by atoms with Gasteiger partial charge in [0.15, 0.2) is 9.84 Å². The molecule has 0 spiro atoms. The second kappa shape index (κ2) is 9.83. The zero-order valence-corrected chi connectivity index (χ0v) is 19.0. The number of amides is 1. The Morgan fingerprint density at radius 1 is 0.939 bits per heavy atom. The van der Waals surface area contributed by atoms with E-state index in [4.69, 9.17) is 9.72 Å². The first kappa shape index (κ1) is 22.5. The number of fused-ring (bicyclic) bond motifs is 1. The van der Waals surface area contributed by atoms with Gasteiger partial charge in [-0.2, -0.15) is 0 Å². The Bertz CT molecular complexity index is 1370. The number of benzene rings is 3. The van der Waals surface area contributed by atoms with Crippen LogP contribution in [-0.4, -0.2) is 38.7 Å². The predicted molar refractivity (Wildman–Crippen MR) is 129 cm³/mol. The predicted octanol–water partition coefficient (Wildman–Crippen LogP) is 4.50. The second-order valence-electron chi connectivity index (χ2n) is 7.54. The summed E-state index contributed by atoms with van der Waals surface area (Å²) in [5.41, 5.74) is 2.75. The minimum atomic E-state index is -3.38. The monoisotopic (exact) mass is 460 g/mol. The molecule has 4 aromatic rings. The van der Waals surface area contributed by atoms with Gasteiger partial charge in [-0.15, -0.1) is 0 Å². The van der Waals surface area contributed by atoms with Gasteiger partial charge >= 0.3 is 0 Å². The Hall–Kier alpha value is -3.71. The van der Waals surface area contributed by atoms with Crippen LogP contribution in [0.3, 0.4) is 0 Å². The molecule has 4 rings (SSSR count). The largest absolute Gasteiger partial charge is 0.497 e. The van der Waals surface area contributed by atoms with Gasteiger partial charge in [-0.3, -0.25) is 4.79 Å². The number of hydrogen-bond acceptors (Lipinski definition) is 5. The van der Waals surface area contributed by atoms with Crippen LogP contribution in [0.1, 0.15) is 16.8 Å². The normalized spacial score (nSPS) is 11.3. The molecule has 7 heteroatoms. The number of carbonyl (C=O) groups excluding carboxylic acids is 1. The third kappa shape index (κ3) is 5.21. The molecule has 0 saturated carbocycles. The Labute approximate surface area is 193 Å². The lowest BCUT2D eigenvalue weighted by molar-refractivity contribution is 0.0955. The van der Waals surface area contributed by atoms with Gasteiger partial charge in [-0.05, 0) is 55.0 Å². The highest BCUT2D eigenvalue weighted by Crippen LogP contribution is 2.26. The Kier molecular flexibility index (Phi) is 6.70. The standard InChI is InChI=1S/C26H24N2O4S/c1-32-20-14-12-19(13-15-20)25-18-23(22-10-5-6-11-24(22)28-25)26(29)27-16-7-17-33(30,31)21-8-3-2-4-9-21/h2-6,8-15,18H,7,16-17H2,1H3,(H,27,29). The van der Waals surface area contributed by atoms with Crippen LogP contribution in [0.5, 0.6) is 5.75 Å². The quantitative estimate of drug-likeness (QED) is 0.391. The van der Waals surface area contributed by atoms with Crippen LogP contribution < -0.4 is 10.1 Å². The fraction of sp³-hybridized carbons (Fsp3) is 0.154. The molecule has 0 saturated heterocycles. The average Bonchev–Trinajstić information content (AvgIpc) is 2.86. The Balaban J connectivity index is 1.51. The highest BCUT2D eigenvalue weighted by Gasteiger charge is 2.16. The minimum absolute atomic E-state index is 0.0362. The molecule has 1 amide bonds. The van der Waals surface area contributed by atoms with E-state index in [1.165, 1.54) is 0 Å². The number of pyridine rings is 1. The van der Waals surface area contributed by atoms with Crippen molar-refractivity contribution in [3.05, 3.63) is 90.5 Å². The van der Waals surface area contributed by atoms with Crippen molar-refractivity contribution in [2.75, 3.05) is 19.4 Å². The van der Waals surface area contributed by atoms with Gasteiger partial charge in [0.2, 0.25) is 0 Å². The third-order valence-corrected chi connectivity index (χ3v) is 7.14. The maximum Gasteiger partial charge on any atom is 0.252 e. The molecule has 0 aliphatic heterocycles. The molecule has 0 atom stereocenters. The number of ether oxygens (including phenoxy) is 1. The van der Waals surface area contributed by atoms with E-state index >= 15 is 0 Å². The summed E-state index contributed by atoms with van der Waals surface area (Å²) in [5, 5.41) is 3.60. The number of aromatic nitrogens is 1. The van der Waals surface area contributed by atoms with Crippen molar-refractivity contribution in [1.29, 1.82) is 0 Å². The summed E-state index contributed by atoms with van der Waals surface area (Å²) in [7, 11) is -1.77. The smallest absolute Gasteiger partial charge is 0.252 e. The maximum absolute atomic E-state index is 13.0. The van der Waals surface area contributed by atoms with E-state index in [9.17, 15) is 13.2 Å². The van der Waals surface area contributed by atoms with E-state index < -0.39 is 9.84 Å². The van der Waals surface area contributed by atoms with E-state index in [2.05, 4.69) is 5.32 Å². The van der Waals surface area contributed by atoms with Gasteiger partial charge in [0.25, 0.3) is 5.91 Å². The van der Waals surface area contributed by atoms with Gasteiger partial charge in [0, 0.05) is 17.5 Å². The zero-order valence-electron chi connectivity index (χ0n) is 18.2. The van der Waals surface area contributed by atoms with Crippen molar-refractivity contribution in [2.45, 2.75) is 11.3 Å². The molecule has 168 valence electrons. The molecule has 0 bridgehead atoms. The van der Waals surface area contributed by atoms with Crippen LogP contribution in [0.4, 0.5) is 0 Å². The fourth-order valence-corrected chi connectivity index (χ4v) is 4.91. The number of rotatable bonds is 8. The molecular formula is C26H24N2O4S. The molecule has 1 aromatic heterocycles. The first-order valence-electron chi connectivity index (χ1n) is 10.6. The number of methoxy groups -OCH3 is 1. The number of carbonyl (C=O) groups is 1. The van der Waals surface area contributed by atoms with Gasteiger partial charge in [-0.1, -0.05) is 36.4 Å². The fourth-order valence-electron chi connectivity index (χ4n) is 3.58. The van der Waals surface area contributed by atoms with E-state index in [-0.39, 0.29) is 18.2 Å². The van der Waals surface area contributed by atoms with Crippen molar-refractivity contribution in [1.82, 2.24) is 10.3 Å². The molecular weight excluding hydrogens is 436 g/mol. The summed E-state index contributed by atoms with van der Waals surface area (Å²) >= 11 is 0. The highest BCUT2D eigenvalue weighted by molar-refractivity contribution is 7.91. The summed E-state index contributed by atoms with van der Waals surface area (Å²) in [6.07, 6.45) is 0.317. The Morgan fingerprint density at radius 3 is 2.36 bits per heavy atom. The SMILES string of the molecule is COc1ccc(-c2cc(C(=O)NCCCS(=O)(=O)c3ccccc3)c3ccccc3n2)cc1. The molecule has 33 heavy (non-hydrogen) atoms. The molecule has 0 fully saturated rings. The summed E-state index contributed by atoms with van der Waals surface area (Å²) < 4.78 is 30.1. The maximum atomic E-state index is 13.0. The van der Waals surface area contributed by atoms with Crippen LogP contribution in [0, 0.1) is 0 Å². The zero-order chi connectivity index (χ0) is 23.3. The lowest BCUT2D eigenvalue weighted by Crippen LogP contribution is -2.26. The van der Waals surface area contributed by atoms with Crippen LogP contribution in [0.15, 0.2) is 89.8 Å². The second-order valence-corrected chi connectivity index (χ2v) is 9.65. The molecule has 1 heterocycles. The first-order chi connectivity index (χ1) is 16.0. The molecule has 3 aromatic carbocycles. The van der Waals surface area contributed by atoms with Crippen molar-refractivity contribution in [2.24, 2.45) is 0 Å². The first-order valence-corrected chi connectivity index (χ1v) is 12.2. The third-order valence-electron chi connectivity index (χ3n) is 5.32. The van der Waals surface area contributed by atoms with E-state index in [0.717, 1.165) is 16.7 Å². The van der Waals surface area contributed by atoms with Gasteiger partial charge in [-0.25, -0.2) is 13.4 Å². The average molecular weight is 461 g/mol. The van der Waals surface area contributed by atoms with E-state index in [1.807, 2.05) is 48.5 Å². The van der Waals surface area contributed by atoms with Crippen LogP contribution in [-0.2, 0) is 9.84 Å². The highest BCUT2D eigenvalue weighted by atomic mass is 32.2. The van der Waals surface area contributed by atoms with Crippen molar-refractivity contribution >= 4 is 26.6 Å². The molecule has 1 N–H and O–H groups in total. The van der Waals surface area contributed by atoms with Gasteiger partial charge in [0.1, 0.15) is 5.75 Å². The van der Waals surface area contributed by atoms with Crippen LogP contribution >= 0.6 is 0 Å². The Morgan fingerprint density at radius 2 is 1.64 bits per heavy atom. The number of para-hydroxylation sites is 1. The number of nitrogens with one attached hydrogen (secondary N) is 1. The minimum Gasteiger partial charge on any atom is -0.497 e. The number of hydrogen-bond donors (Lipinski definition) is 1. The van der Waals surface area contributed by atoms with E-state index in [0.29, 0.717) is 28.1 Å². The molecule has 0 aliphatic rings. The summed E-state index contributed by atoms with van der Waals surface area (Å²) in [6.45, 7) is 0.249. The summed E-state index contributed by atoms with van der Waals surface area (Å²) in [6, 6.07) is 25.0. The molecule has 0 radical (unpaired) electrons. The number of sulfone groups is 1. The molecule has 6 nitrogen and oxygen atoms in total. The van der Waals surface area contributed by atoms with Crippen molar-refractivity contribution in [3.63, 3.8) is 0 Å². The van der Waals surface area contributed by atoms with Gasteiger partial charge in [0.05, 0.1) is 34.5 Å². The van der Waals surface area contributed by atoms with Crippen LogP contribution in [0.2, 0.25) is 0 Å². The number of nitrogens with zero attached hydrogens (tertiary/aromatic N) is 1. The van der Waals surface area contributed by atoms with E-state index in [1.54, 1.807) is 43.5 Å². The summed E-state index contributed by atoms with van der Waals surface area (Å²) in [5.74, 6) is 0.439. The lowest BCUT2D eigenvalue weighted by Gasteiger charge is -2.11. The topological polar surface area (TPSA) is 85.4 Å². The van der Waals surface area contributed by atoms with Crippen molar-refractivity contribution in [3.8, 4) is 17.0 Å². The van der Waals surface area contributed by atoms with Gasteiger partial charge < -0.3 is 10.1 Å². The summed E-state index contributed by atoms with van der Waals surface area (Å²) in [4.78, 5) is 18.0.